The fourth-order valence-corrected chi connectivity index (χ4v) is 1.23. The maximum atomic E-state index is 10.6. The van der Waals surface area contributed by atoms with Crippen molar-refractivity contribution in [2.75, 3.05) is 0 Å². The Morgan fingerprint density at radius 1 is 1.29 bits per heavy atom. The molecule has 0 unspecified atom stereocenters. The highest BCUT2D eigenvalue weighted by molar-refractivity contribution is 5.88. The van der Waals surface area contributed by atoms with Gasteiger partial charge in [-0.1, -0.05) is 0 Å². The topological polar surface area (TPSA) is 83.3 Å². The van der Waals surface area contributed by atoms with Gasteiger partial charge >= 0.3 is 0 Å². The third kappa shape index (κ3) is 1.56. The predicted molar refractivity (Wildman–Crippen MR) is 46.9 cm³/mol. The molecular weight excluding hydrogens is 186 g/mol. The first-order valence-corrected chi connectivity index (χ1v) is 3.91. The maximum Gasteiger partial charge on any atom is 0.272 e. The lowest BCUT2D eigenvalue weighted by Gasteiger charge is -2.09. The molecule has 0 spiro atoms. The molecule has 0 aliphatic carbocycles. The number of hydrogen-bond donors (Lipinski definition) is 0. The normalized spacial score (nSPS) is 9.86. The first kappa shape index (κ1) is 10.2. The Balaban J connectivity index is 3.41. The summed E-state index contributed by atoms with van der Waals surface area (Å²) in [6, 6.07) is 2.36. The van der Waals surface area contributed by atoms with E-state index in [2.05, 4.69) is 0 Å². The lowest BCUT2D eigenvalue weighted by molar-refractivity contribution is -0.385. The molecule has 0 aliphatic heterocycles. The Hall–Kier alpha value is -1.91. The van der Waals surface area contributed by atoms with Gasteiger partial charge in [0.2, 0.25) is 0 Å². The van der Waals surface area contributed by atoms with Crippen LogP contribution in [0.15, 0.2) is 12.1 Å². The van der Waals surface area contributed by atoms with Crippen LogP contribution in [0, 0.1) is 24.0 Å². The average molecular weight is 194 g/mol. The smallest absolute Gasteiger partial charge is 0.272 e. The van der Waals surface area contributed by atoms with E-state index in [9.17, 15) is 20.0 Å². The Morgan fingerprint density at radius 2 is 1.86 bits per heavy atom. The van der Waals surface area contributed by atoms with Gasteiger partial charge in [-0.2, -0.15) is 0 Å². The minimum atomic E-state index is -1.32. The number of carbonyl (C=O) groups excluding carboxylic acids is 1. The molecule has 1 rings (SSSR count). The Morgan fingerprint density at radius 3 is 2.29 bits per heavy atom. The first-order chi connectivity index (χ1) is 6.45. The molecule has 1 aromatic rings. The molecule has 0 amide bonds. The average Bonchev–Trinajstić information content (AvgIpc) is 2.08. The summed E-state index contributed by atoms with van der Waals surface area (Å²) >= 11 is 0. The minimum Gasteiger partial charge on any atom is -0.545 e. The number of benzene rings is 1. The zero-order valence-electron chi connectivity index (χ0n) is 7.73. The van der Waals surface area contributed by atoms with Gasteiger partial charge < -0.3 is 9.90 Å². The Kier molecular flexibility index (Phi) is 2.51. The second-order valence-corrected chi connectivity index (χ2v) is 2.93. The van der Waals surface area contributed by atoms with Gasteiger partial charge in [-0.15, -0.1) is 0 Å². The van der Waals surface area contributed by atoms with Crippen LogP contribution in [0.5, 0.6) is 0 Å². The third-order valence-corrected chi connectivity index (χ3v) is 2.18. The highest BCUT2D eigenvalue weighted by Gasteiger charge is 2.14. The van der Waals surface area contributed by atoms with E-state index in [4.69, 9.17) is 0 Å². The number of hydrogen-bond acceptors (Lipinski definition) is 4. The van der Waals surface area contributed by atoms with Gasteiger partial charge in [0.05, 0.1) is 10.9 Å². The van der Waals surface area contributed by atoms with Crippen LogP contribution in [0.3, 0.4) is 0 Å². The van der Waals surface area contributed by atoms with E-state index in [0.29, 0.717) is 11.1 Å². The van der Waals surface area contributed by atoms with E-state index in [1.54, 1.807) is 0 Å². The lowest BCUT2D eigenvalue weighted by Crippen LogP contribution is -2.23. The van der Waals surface area contributed by atoms with E-state index in [-0.39, 0.29) is 11.3 Å². The van der Waals surface area contributed by atoms with Crippen molar-refractivity contribution in [2.45, 2.75) is 13.8 Å². The zero-order valence-corrected chi connectivity index (χ0v) is 7.73. The van der Waals surface area contributed by atoms with Crippen molar-refractivity contribution in [3.8, 4) is 0 Å². The first-order valence-electron chi connectivity index (χ1n) is 3.91. The van der Waals surface area contributed by atoms with E-state index in [1.165, 1.54) is 26.0 Å². The molecule has 0 aromatic heterocycles. The molecule has 0 aliphatic rings. The standard InChI is InChI=1S/C9H9NO4/c1-5-6(2)8(10(13)14)4-3-7(5)9(11)12/h3-4H,1-2H3,(H,11,12)/p-1. The van der Waals surface area contributed by atoms with Crippen molar-refractivity contribution >= 4 is 11.7 Å². The summed E-state index contributed by atoms with van der Waals surface area (Å²) in [5.41, 5.74) is 0.650. The molecule has 5 heteroatoms. The summed E-state index contributed by atoms with van der Waals surface area (Å²) in [7, 11) is 0. The van der Waals surface area contributed by atoms with Crippen LogP contribution in [0.1, 0.15) is 21.5 Å². The second-order valence-electron chi connectivity index (χ2n) is 2.93. The van der Waals surface area contributed by atoms with Crippen molar-refractivity contribution in [3.05, 3.63) is 38.9 Å². The fraction of sp³-hybridized carbons (Fsp3) is 0.222. The Labute approximate surface area is 80.1 Å². The second kappa shape index (κ2) is 3.45. The van der Waals surface area contributed by atoms with Gasteiger partial charge in [-0.3, -0.25) is 10.1 Å². The van der Waals surface area contributed by atoms with Crippen molar-refractivity contribution in [3.63, 3.8) is 0 Å². The molecule has 0 heterocycles. The van der Waals surface area contributed by atoms with Crippen LogP contribution in [-0.4, -0.2) is 10.9 Å². The maximum absolute atomic E-state index is 10.6. The summed E-state index contributed by atoms with van der Waals surface area (Å²) in [6.45, 7) is 3.04. The molecule has 0 fully saturated rings. The zero-order chi connectivity index (χ0) is 10.9. The van der Waals surface area contributed by atoms with Crippen molar-refractivity contribution in [2.24, 2.45) is 0 Å². The van der Waals surface area contributed by atoms with Gasteiger partial charge in [-0.05, 0) is 25.5 Å². The number of nitrogens with zero attached hydrogens (tertiary/aromatic N) is 1. The molecule has 0 saturated carbocycles. The highest BCUT2D eigenvalue weighted by atomic mass is 16.6. The molecule has 0 bridgehead atoms. The number of carboxylic acid groups (broad SMARTS) is 1. The van der Waals surface area contributed by atoms with Gasteiger partial charge in [0, 0.05) is 17.2 Å². The van der Waals surface area contributed by atoms with Crippen molar-refractivity contribution in [1.29, 1.82) is 0 Å². The van der Waals surface area contributed by atoms with E-state index >= 15 is 0 Å². The molecular formula is C9H8NO4-. The highest BCUT2D eigenvalue weighted by Crippen LogP contribution is 2.23. The summed E-state index contributed by atoms with van der Waals surface area (Å²) in [5, 5.41) is 21.1. The molecule has 0 N–H and O–H groups in total. The van der Waals surface area contributed by atoms with Crippen LogP contribution in [0.4, 0.5) is 5.69 Å². The van der Waals surface area contributed by atoms with Crippen LogP contribution in [0.25, 0.3) is 0 Å². The Bertz CT molecular complexity index is 373. The van der Waals surface area contributed by atoms with E-state index in [0.717, 1.165) is 0 Å². The number of rotatable bonds is 2. The molecule has 0 atom stereocenters. The third-order valence-electron chi connectivity index (χ3n) is 2.18. The monoisotopic (exact) mass is 194 g/mol. The fourth-order valence-electron chi connectivity index (χ4n) is 1.23. The van der Waals surface area contributed by atoms with Crippen LogP contribution in [-0.2, 0) is 0 Å². The number of nitro groups is 1. The summed E-state index contributed by atoms with van der Waals surface area (Å²) < 4.78 is 0. The molecule has 0 radical (unpaired) electrons. The SMILES string of the molecule is Cc1c(C(=O)[O-])ccc([N+](=O)[O-])c1C. The predicted octanol–water partition coefficient (Wildman–Crippen LogP) is 0.575. The summed E-state index contributed by atoms with van der Waals surface area (Å²) in [4.78, 5) is 20.5. The largest absolute Gasteiger partial charge is 0.545 e. The number of nitro benzene ring substituents is 1. The van der Waals surface area contributed by atoms with Gasteiger partial charge in [0.15, 0.2) is 0 Å². The van der Waals surface area contributed by atoms with Crippen LogP contribution < -0.4 is 5.11 Å². The van der Waals surface area contributed by atoms with Gasteiger partial charge in [0.1, 0.15) is 0 Å². The number of aromatic carboxylic acids is 1. The summed E-state index contributed by atoms with van der Waals surface area (Å²) in [6.07, 6.45) is 0. The van der Waals surface area contributed by atoms with E-state index in [1.807, 2.05) is 0 Å². The number of carboxylic acids is 1. The van der Waals surface area contributed by atoms with Crippen LogP contribution >= 0.6 is 0 Å². The molecule has 0 saturated heterocycles. The van der Waals surface area contributed by atoms with Gasteiger partial charge in [-0.25, -0.2) is 0 Å². The minimum absolute atomic E-state index is 0.00639. The molecule has 74 valence electrons. The van der Waals surface area contributed by atoms with Crippen molar-refractivity contribution < 1.29 is 14.8 Å². The van der Waals surface area contributed by atoms with Gasteiger partial charge in [0.25, 0.3) is 5.69 Å². The molecule has 14 heavy (non-hydrogen) atoms. The lowest BCUT2D eigenvalue weighted by atomic mass is 10.0. The number of carbonyl (C=O) groups is 1. The van der Waals surface area contributed by atoms with Crippen LogP contribution in [0.2, 0.25) is 0 Å². The van der Waals surface area contributed by atoms with E-state index < -0.39 is 10.9 Å². The summed E-state index contributed by atoms with van der Waals surface area (Å²) in [5.74, 6) is -1.32. The van der Waals surface area contributed by atoms with Crippen molar-refractivity contribution in [1.82, 2.24) is 0 Å². The quantitative estimate of drug-likeness (QED) is 0.509. The molecule has 5 nitrogen and oxygen atoms in total. The molecule has 1 aromatic carbocycles.